The van der Waals surface area contributed by atoms with Crippen LogP contribution in [0, 0.1) is 6.92 Å². The molecule has 4 heteroatoms. The molecule has 18 heavy (non-hydrogen) atoms. The fraction of sp³-hybridized carbons (Fsp3) is 0.571. The fourth-order valence-electron chi connectivity index (χ4n) is 2.27. The first-order valence-electron chi connectivity index (χ1n) is 6.61. The average Bonchev–Trinajstić information content (AvgIpc) is 2.39. The van der Waals surface area contributed by atoms with Crippen molar-refractivity contribution in [2.45, 2.75) is 32.6 Å². The van der Waals surface area contributed by atoms with Crippen molar-refractivity contribution in [3.8, 4) is 0 Å². The molecule has 0 aromatic heterocycles. The molecule has 0 unspecified atom stereocenters. The maximum absolute atomic E-state index is 12.2. The van der Waals surface area contributed by atoms with Crippen LogP contribution in [-0.2, 0) is 16.4 Å². The summed E-state index contributed by atoms with van der Waals surface area (Å²) >= 11 is 0. The normalized spacial score (nSPS) is 17.8. The molecule has 1 aliphatic heterocycles. The van der Waals surface area contributed by atoms with Crippen molar-refractivity contribution in [2.24, 2.45) is 0 Å². The van der Waals surface area contributed by atoms with E-state index in [4.69, 9.17) is 0 Å². The van der Waals surface area contributed by atoms with E-state index < -0.39 is 10.0 Å². The highest BCUT2D eigenvalue weighted by molar-refractivity contribution is 7.89. The van der Waals surface area contributed by atoms with Crippen LogP contribution < -0.4 is 0 Å². The number of piperidine rings is 1. The van der Waals surface area contributed by atoms with Crippen LogP contribution >= 0.6 is 0 Å². The number of sulfonamides is 1. The van der Waals surface area contributed by atoms with E-state index in [1.54, 1.807) is 4.31 Å². The molecule has 1 heterocycles. The molecule has 0 N–H and O–H groups in total. The Hall–Kier alpha value is -0.870. The Kier molecular flexibility index (Phi) is 4.40. The van der Waals surface area contributed by atoms with Gasteiger partial charge in [-0.2, -0.15) is 0 Å². The van der Waals surface area contributed by atoms with Crippen LogP contribution in [0.15, 0.2) is 24.3 Å². The molecule has 0 saturated carbocycles. The summed E-state index contributed by atoms with van der Waals surface area (Å²) in [5.74, 6) is 0.232. The molecule has 1 fully saturated rings. The lowest BCUT2D eigenvalue weighted by Crippen LogP contribution is -2.37. The van der Waals surface area contributed by atoms with Gasteiger partial charge in [0.1, 0.15) is 0 Å². The third kappa shape index (κ3) is 3.56. The SMILES string of the molecule is Cc1ccc(CCS(=O)(=O)N2CCCCC2)cc1. The highest BCUT2D eigenvalue weighted by Gasteiger charge is 2.23. The summed E-state index contributed by atoms with van der Waals surface area (Å²) in [7, 11) is -3.06. The standard InChI is InChI=1S/C14H21NO2S/c1-13-5-7-14(8-6-13)9-12-18(16,17)15-10-3-2-4-11-15/h5-8H,2-4,9-12H2,1H3. The summed E-state index contributed by atoms with van der Waals surface area (Å²) in [5, 5.41) is 0. The molecular weight excluding hydrogens is 246 g/mol. The maximum Gasteiger partial charge on any atom is 0.214 e. The average molecular weight is 267 g/mol. The molecule has 0 aliphatic carbocycles. The minimum atomic E-state index is -3.06. The summed E-state index contributed by atoms with van der Waals surface area (Å²) in [6, 6.07) is 8.09. The fourth-order valence-corrected chi connectivity index (χ4v) is 3.84. The smallest absolute Gasteiger partial charge is 0.212 e. The molecular formula is C14H21NO2S. The Bertz CT molecular complexity index is 473. The van der Waals surface area contributed by atoms with Gasteiger partial charge in [-0.3, -0.25) is 0 Å². The molecule has 0 bridgehead atoms. The first kappa shape index (κ1) is 13.6. The molecule has 2 rings (SSSR count). The van der Waals surface area contributed by atoms with Crippen LogP contribution in [-0.4, -0.2) is 31.6 Å². The van der Waals surface area contributed by atoms with Crippen LogP contribution in [0.4, 0.5) is 0 Å². The first-order valence-corrected chi connectivity index (χ1v) is 8.22. The predicted molar refractivity (Wildman–Crippen MR) is 74.1 cm³/mol. The Labute approximate surface area is 110 Å². The second kappa shape index (κ2) is 5.85. The van der Waals surface area contributed by atoms with E-state index in [-0.39, 0.29) is 5.75 Å². The van der Waals surface area contributed by atoms with Crippen molar-refractivity contribution in [3.05, 3.63) is 35.4 Å². The second-order valence-corrected chi connectivity index (χ2v) is 7.10. The second-order valence-electron chi connectivity index (χ2n) is 5.01. The van der Waals surface area contributed by atoms with Crippen molar-refractivity contribution in [1.29, 1.82) is 0 Å². The molecule has 0 radical (unpaired) electrons. The predicted octanol–water partition coefficient (Wildman–Crippen LogP) is 2.35. The van der Waals surface area contributed by atoms with E-state index in [0.29, 0.717) is 19.5 Å². The van der Waals surface area contributed by atoms with E-state index in [2.05, 4.69) is 0 Å². The summed E-state index contributed by atoms with van der Waals surface area (Å²) in [6.45, 7) is 3.45. The van der Waals surface area contributed by atoms with Crippen molar-refractivity contribution in [3.63, 3.8) is 0 Å². The van der Waals surface area contributed by atoms with Crippen molar-refractivity contribution < 1.29 is 8.42 Å². The quantitative estimate of drug-likeness (QED) is 0.840. The Morgan fingerprint density at radius 1 is 1.06 bits per heavy atom. The molecule has 100 valence electrons. The minimum Gasteiger partial charge on any atom is -0.212 e. The number of aryl methyl sites for hydroxylation is 2. The Morgan fingerprint density at radius 3 is 2.28 bits per heavy atom. The van der Waals surface area contributed by atoms with E-state index in [1.165, 1.54) is 5.56 Å². The minimum absolute atomic E-state index is 0.232. The zero-order valence-electron chi connectivity index (χ0n) is 10.9. The van der Waals surface area contributed by atoms with Crippen molar-refractivity contribution in [2.75, 3.05) is 18.8 Å². The molecule has 3 nitrogen and oxygen atoms in total. The van der Waals surface area contributed by atoms with Gasteiger partial charge in [0.2, 0.25) is 10.0 Å². The van der Waals surface area contributed by atoms with Gasteiger partial charge >= 0.3 is 0 Å². The van der Waals surface area contributed by atoms with E-state index in [0.717, 1.165) is 24.8 Å². The van der Waals surface area contributed by atoms with Gasteiger partial charge < -0.3 is 0 Å². The van der Waals surface area contributed by atoms with E-state index in [1.807, 2.05) is 31.2 Å². The maximum atomic E-state index is 12.2. The largest absolute Gasteiger partial charge is 0.214 e. The third-order valence-corrected chi connectivity index (χ3v) is 5.35. The molecule has 1 aromatic carbocycles. The highest BCUT2D eigenvalue weighted by Crippen LogP contribution is 2.14. The number of benzene rings is 1. The lowest BCUT2D eigenvalue weighted by molar-refractivity contribution is 0.346. The molecule has 1 aromatic rings. The molecule has 1 saturated heterocycles. The third-order valence-electron chi connectivity index (χ3n) is 3.48. The first-order chi connectivity index (χ1) is 8.58. The van der Waals surface area contributed by atoms with Crippen molar-refractivity contribution in [1.82, 2.24) is 4.31 Å². The topological polar surface area (TPSA) is 37.4 Å². The van der Waals surface area contributed by atoms with Gasteiger partial charge in [-0.25, -0.2) is 12.7 Å². The van der Waals surface area contributed by atoms with E-state index >= 15 is 0 Å². The van der Waals surface area contributed by atoms with Gasteiger partial charge in [0.25, 0.3) is 0 Å². The zero-order chi connectivity index (χ0) is 13.0. The van der Waals surface area contributed by atoms with Gasteiger partial charge in [0.15, 0.2) is 0 Å². The number of rotatable bonds is 4. The van der Waals surface area contributed by atoms with Crippen LogP contribution in [0.3, 0.4) is 0 Å². The zero-order valence-corrected chi connectivity index (χ0v) is 11.7. The lowest BCUT2D eigenvalue weighted by atomic mass is 10.1. The van der Waals surface area contributed by atoms with Crippen LogP contribution in [0.5, 0.6) is 0 Å². The summed E-state index contributed by atoms with van der Waals surface area (Å²) in [4.78, 5) is 0. The van der Waals surface area contributed by atoms with Gasteiger partial charge in [0, 0.05) is 13.1 Å². The molecule has 1 aliphatic rings. The van der Waals surface area contributed by atoms with Crippen LogP contribution in [0.1, 0.15) is 30.4 Å². The highest BCUT2D eigenvalue weighted by atomic mass is 32.2. The van der Waals surface area contributed by atoms with E-state index in [9.17, 15) is 8.42 Å². The van der Waals surface area contributed by atoms with Gasteiger partial charge in [-0.15, -0.1) is 0 Å². The molecule has 0 atom stereocenters. The van der Waals surface area contributed by atoms with Gasteiger partial charge in [-0.05, 0) is 31.7 Å². The van der Waals surface area contributed by atoms with Crippen molar-refractivity contribution >= 4 is 10.0 Å². The monoisotopic (exact) mass is 267 g/mol. The molecule has 0 amide bonds. The number of hydrogen-bond donors (Lipinski definition) is 0. The summed E-state index contributed by atoms with van der Waals surface area (Å²) < 4.78 is 26.0. The van der Waals surface area contributed by atoms with Crippen LogP contribution in [0.2, 0.25) is 0 Å². The summed E-state index contributed by atoms with van der Waals surface area (Å²) in [5.41, 5.74) is 2.30. The lowest BCUT2D eigenvalue weighted by Gasteiger charge is -2.25. The van der Waals surface area contributed by atoms with Gasteiger partial charge in [0.05, 0.1) is 5.75 Å². The van der Waals surface area contributed by atoms with Crippen LogP contribution in [0.25, 0.3) is 0 Å². The number of hydrogen-bond acceptors (Lipinski definition) is 2. The Balaban J connectivity index is 1.94. The molecule has 0 spiro atoms. The van der Waals surface area contributed by atoms with Gasteiger partial charge in [-0.1, -0.05) is 36.2 Å². The Morgan fingerprint density at radius 2 is 1.67 bits per heavy atom. The summed E-state index contributed by atoms with van der Waals surface area (Å²) in [6.07, 6.45) is 3.77. The number of nitrogens with zero attached hydrogens (tertiary/aromatic N) is 1.